The molecule has 0 unspecified atom stereocenters. The lowest BCUT2D eigenvalue weighted by atomic mass is 10.0. The summed E-state index contributed by atoms with van der Waals surface area (Å²) in [5.41, 5.74) is 0.498. The van der Waals surface area contributed by atoms with E-state index < -0.39 is 5.82 Å². The number of thioether (sulfide) groups is 1. The molecule has 0 saturated carbocycles. The monoisotopic (exact) mass is 290 g/mol. The second-order valence-electron chi connectivity index (χ2n) is 4.11. The number of carbonyl (C=O) groups excluding carboxylic acids is 1. The highest BCUT2D eigenvalue weighted by molar-refractivity contribution is 7.99. The molecular weight excluding hydrogens is 275 g/mol. The molecule has 0 amide bonds. The van der Waals surface area contributed by atoms with Gasteiger partial charge in [0, 0.05) is 10.5 Å². The molecule has 0 heterocycles. The molecule has 0 aliphatic rings. The largest absolute Gasteiger partial charge is 0.494 e. The molecule has 0 fully saturated rings. The predicted octanol–water partition coefficient (Wildman–Crippen LogP) is 4.18. The number of halogens is 1. The molecule has 0 spiro atoms. The van der Waals surface area contributed by atoms with Crippen molar-refractivity contribution in [2.24, 2.45) is 0 Å². The molecule has 0 aliphatic heterocycles. The number of rotatable bonds is 5. The maximum absolute atomic E-state index is 14.1. The lowest BCUT2D eigenvalue weighted by molar-refractivity contribution is 0.103. The van der Waals surface area contributed by atoms with Crippen LogP contribution in [0.15, 0.2) is 47.4 Å². The van der Waals surface area contributed by atoms with E-state index in [9.17, 15) is 9.18 Å². The van der Waals surface area contributed by atoms with E-state index >= 15 is 0 Å². The van der Waals surface area contributed by atoms with Gasteiger partial charge in [0.25, 0.3) is 0 Å². The van der Waals surface area contributed by atoms with Crippen LogP contribution < -0.4 is 4.74 Å². The van der Waals surface area contributed by atoms with Gasteiger partial charge in [-0.2, -0.15) is 0 Å². The molecule has 2 nitrogen and oxygen atoms in total. The van der Waals surface area contributed by atoms with Gasteiger partial charge in [-0.25, -0.2) is 4.39 Å². The molecule has 4 heteroatoms. The maximum Gasteiger partial charge on any atom is 0.196 e. The molecule has 0 saturated heterocycles. The van der Waals surface area contributed by atoms with E-state index in [2.05, 4.69) is 6.92 Å². The number of ether oxygens (including phenoxy) is 1. The Hall–Kier alpha value is -1.81. The molecular formula is C16H15FO2S. The van der Waals surface area contributed by atoms with E-state index in [-0.39, 0.29) is 17.1 Å². The van der Waals surface area contributed by atoms with Gasteiger partial charge < -0.3 is 4.74 Å². The van der Waals surface area contributed by atoms with Crippen LogP contribution in [0, 0.1) is 5.82 Å². The smallest absolute Gasteiger partial charge is 0.196 e. The van der Waals surface area contributed by atoms with Crippen molar-refractivity contribution in [3.63, 3.8) is 0 Å². The zero-order valence-electron chi connectivity index (χ0n) is 11.4. The van der Waals surface area contributed by atoms with Gasteiger partial charge in [0.15, 0.2) is 17.3 Å². The highest BCUT2D eigenvalue weighted by atomic mass is 32.2. The molecule has 0 radical (unpaired) electrons. The average Bonchev–Trinajstić information content (AvgIpc) is 2.48. The molecule has 0 aromatic heterocycles. The van der Waals surface area contributed by atoms with Gasteiger partial charge in [-0.05, 0) is 42.2 Å². The molecule has 2 aromatic carbocycles. The predicted molar refractivity (Wildman–Crippen MR) is 79.2 cm³/mol. The fourth-order valence-electron chi connectivity index (χ4n) is 1.87. The van der Waals surface area contributed by atoms with Crippen molar-refractivity contribution < 1.29 is 13.9 Å². The fraction of sp³-hybridized carbons (Fsp3) is 0.188. The number of methoxy groups -OCH3 is 1. The first-order valence-electron chi connectivity index (χ1n) is 6.27. The molecule has 0 aliphatic carbocycles. The second kappa shape index (κ2) is 6.57. The Bertz CT molecular complexity index is 608. The highest BCUT2D eigenvalue weighted by Gasteiger charge is 2.16. The Kier molecular flexibility index (Phi) is 4.79. The van der Waals surface area contributed by atoms with Crippen LogP contribution >= 0.6 is 11.8 Å². The summed E-state index contributed by atoms with van der Waals surface area (Å²) in [7, 11) is 1.38. The third-order valence-electron chi connectivity index (χ3n) is 2.86. The number of ketones is 1. The Morgan fingerprint density at radius 2 is 1.90 bits per heavy atom. The SMILES string of the molecule is CCSc1ccc(C(=O)c2cccc(OC)c2F)cc1. The molecule has 2 rings (SSSR count). The Labute approximate surface area is 122 Å². The van der Waals surface area contributed by atoms with Gasteiger partial charge in [-0.3, -0.25) is 4.79 Å². The van der Waals surface area contributed by atoms with Gasteiger partial charge in [0.05, 0.1) is 12.7 Å². The molecule has 0 atom stereocenters. The number of hydrogen-bond donors (Lipinski definition) is 0. The van der Waals surface area contributed by atoms with Gasteiger partial charge in [-0.1, -0.05) is 13.0 Å². The van der Waals surface area contributed by atoms with Crippen molar-refractivity contribution in [2.75, 3.05) is 12.9 Å². The summed E-state index contributed by atoms with van der Waals surface area (Å²) < 4.78 is 19.0. The first kappa shape index (κ1) is 14.6. The van der Waals surface area contributed by atoms with Crippen LogP contribution in [0.25, 0.3) is 0 Å². The summed E-state index contributed by atoms with van der Waals surface area (Å²) in [5.74, 6) is 0.0908. The van der Waals surface area contributed by atoms with Crippen LogP contribution in [0.1, 0.15) is 22.8 Å². The maximum atomic E-state index is 14.1. The summed E-state index contributed by atoms with van der Waals surface area (Å²) >= 11 is 1.70. The Balaban J connectivity index is 2.31. The van der Waals surface area contributed by atoms with Crippen molar-refractivity contribution in [3.05, 3.63) is 59.4 Å². The summed E-state index contributed by atoms with van der Waals surface area (Å²) in [4.78, 5) is 13.4. The van der Waals surface area contributed by atoms with Gasteiger partial charge in [0.2, 0.25) is 0 Å². The highest BCUT2D eigenvalue weighted by Crippen LogP contribution is 2.24. The van der Waals surface area contributed by atoms with Crippen molar-refractivity contribution in [3.8, 4) is 5.75 Å². The van der Waals surface area contributed by atoms with Gasteiger partial charge in [-0.15, -0.1) is 11.8 Å². The van der Waals surface area contributed by atoms with Crippen molar-refractivity contribution in [1.82, 2.24) is 0 Å². The van der Waals surface area contributed by atoms with Crippen LogP contribution in [0.5, 0.6) is 5.75 Å². The minimum absolute atomic E-state index is 0.0280. The second-order valence-corrected chi connectivity index (χ2v) is 5.45. The summed E-state index contributed by atoms with van der Waals surface area (Å²) in [5, 5.41) is 0. The van der Waals surface area contributed by atoms with Gasteiger partial charge in [0.1, 0.15) is 0 Å². The average molecular weight is 290 g/mol. The van der Waals surface area contributed by atoms with E-state index in [1.54, 1.807) is 30.0 Å². The van der Waals surface area contributed by atoms with Gasteiger partial charge >= 0.3 is 0 Å². The minimum Gasteiger partial charge on any atom is -0.494 e. The molecule has 104 valence electrons. The van der Waals surface area contributed by atoms with Crippen molar-refractivity contribution >= 4 is 17.5 Å². The van der Waals surface area contributed by atoms with E-state index in [0.29, 0.717) is 5.56 Å². The standard InChI is InChI=1S/C16H15FO2S/c1-3-20-12-9-7-11(8-10-12)16(18)13-5-4-6-14(19-2)15(13)17/h4-10H,3H2,1-2H3. The molecule has 0 N–H and O–H groups in total. The Morgan fingerprint density at radius 1 is 1.20 bits per heavy atom. The van der Waals surface area contributed by atoms with E-state index in [0.717, 1.165) is 10.6 Å². The summed E-state index contributed by atoms with van der Waals surface area (Å²) in [6, 6.07) is 11.8. The number of carbonyl (C=O) groups is 1. The minimum atomic E-state index is -0.619. The van der Waals surface area contributed by atoms with Crippen LogP contribution in [0.2, 0.25) is 0 Å². The van der Waals surface area contributed by atoms with E-state index in [1.807, 2.05) is 12.1 Å². The zero-order chi connectivity index (χ0) is 14.5. The quantitative estimate of drug-likeness (QED) is 0.610. The third-order valence-corrected chi connectivity index (χ3v) is 3.75. The summed E-state index contributed by atoms with van der Waals surface area (Å²) in [6.07, 6.45) is 0. The fourth-order valence-corrected chi connectivity index (χ4v) is 2.53. The topological polar surface area (TPSA) is 26.3 Å². The number of benzene rings is 2. The van der Waals surface area contributed by atoms with E-state index in [1.165, 1.54) is 19.2 Å². The van der Waals surface area contributed by atoms with Crippen molar-refractivity contribution in [1.29, 1.82) is 0 Å². The normalized spacial score (nSPS) is 10.3. The van der Waals surface area contributed by atoms with Crippen molar-refractivity contribution in [2.45, 2.75) is 11.8 Å². The molecule has 20 heavy (non-hydrogen) atoms. The molecule has 0 bridgehead atoms. The van der Waals surface area contributed by atoms with Crippen LogP contribution in [-0.2, 0) is 0 Å². The lowest BCUT2D eigenvalue weighted by Gasteiger charge is -2.07. The first-order chi connectivity index (χ1) is 9.67. The zero-order valence-corrected chi connectivity index (χ0v) is 12.2. The first-order valence-corrected chi connectivity index (χ1v) is 7.26. The third kappa shape index (κ3) is 3.02. The van der Waals surface area contributed by atoms with E-state index in [4.69, 9.17) is 4.74 Å². The Morgan fingerprint density at radius 3 is 2.50 bits per heavy atom. The van der Waals surface area contributed by atoms with Crippen LogP contribution in [0.4, 0.5) is 4.39 Å². The van der Waals surface area contributed by atoms with Crippen LogP contribution in [-0.4, -0.2) is 18.6 Å². The summed E-state index contributed by atoms with van der Waals surface area (Å²) in [6.45, 7) is 2.06. The lowest BCUT2D eigenvalue weighted by Crippen LogP contribution is -2.05. The molecule has 2 aromatic rings. The number of hydrogen-bond acceptors (Lipinski definition) is 3. The van der Waals surface area contributed by atoms with Crippen LogP contribution in [0.3, 0.4) is 0 Å².